The number of hydrogen-bond acceptors (Lipinski definition) is 3. The standard InChI is InChI=1S/C10H14O2S/c1-3-4-5-6-10(2)8(11)7-9(12)13-10/h5-6H,3-4,7H2,1-2H3/t10-/m0/s1. The molecule has 1 rings (SSSR count). The molecule has 1 atom stereocenters. The SMILES string of the molecule is CCCC=C[C@]1(C)SC(=O)CC1=O. The lowest BCUT2D eigenvalue weighted by Crippen LogP contribution is -2.23. The van der Waals surface area contributed by atoms with Gasteiger partial charge in [-0.05, 0) is 13.3 Å². The van der Waals surface area contributed by atoms with Crippen LogP contribution in [-0.2, 0) is 9.59 Å². The Labute approximate surface area is 82.8 Å². The van der Waals surface area contributed by atoms with Crippen molar-refractivity contribution in [2.75, 3.05) is 0 Å². The molecule has 1 fully saturated rings. The summed E-state index contributed by atoms with van der Waals surface area (Å²) in [6, 6.07) is 0. The molecular formula is C10H14O2S. The minimum absolute atomic E-state index is 0.00588. The van der Waals surface area contributed by atoms with Gasteiger partial charge in [0.1, 0.15) is 0 Å². The first kappa shape index (κ1) is 10.5. The average molecular weight is 198 g/mol. The molecule has 0 bridgehead atoms. The molecule has 0 aromatic heterocycles. The molecule has 3 heteroatoms. The van der Waals surface area contributed by atoms with E-state index in [4.69, 9.17) is 0 Å². The first-order valence-electron chi connectivity index (χ1n) is 4.51. The number of Topliss-reactive ketones (excluding diaryl/α,β-unsaturated/α-hetero) is 1. The summed E-state index contributed by atoms with van der Waals surface area (Å²) in [5.74, 6) is 0.0369. The Balaban J connectivity index is 2.65. The van der Waals surface area contributed by atoms with Crippen molar-refractivity contribution in [2.45, 2.75) is 37.9 Å². The Morgan fingerprint density at radius 2 is 2.23 bits per heavy atom. The van der Waals surface area contributed by atoms with Crippen molar-refractivity contribution in [3.05, 3.63) is 12.2 Å². The molecule has 0 aromatic rings. The van der Waals surface area contributed by atoms with Gasteiger partial charge in [0.25, 0.3) is 0 Å². The van der Waals surface area contributed by atoms with E-state index < -0.39 is 4.75 Å². The van der Waals surface area contributed by atoms with Gasteiger partial charge in [0.15, 0.2) is 10.9 Å². The van der Waals surface area contributed by atoms with Crippen LogP contribution in [-0.4, -0.2) is 15.6 Å². The van der Waals surface area contributed by atoms with Crippen molar-refractivity contribution in [3.8, 4) is 0 Å². The van der Waals surface area contributed by atoms with Crippen molar-refractivity contribution in [1.29, 1.82) is 0 Å². The fourth-order valence-corrected chi connectivity index (χ4v) is 2.26. The monoisotopic (exact) mass is 198 g/mol. The van der Waals surface area contributed by atoms with E-state index in [-0.39, 0.29) is 17.3 Å². The van der Waals surface area contributed by atoms with Crippen LogP contribution >= 0.6 is 11.8 Å². The summed E-state index contributed by atoms with van der Waals surface area (Å²) in [6.07, 6.45) is 5.99. The third-order valence-corrected chi connectivity index (χ3v) is 3.24. The Hall–Kier alpha value is -0.570. The van der Waals surface area contributed by atoms with E-state index in [9.17, 15) is 9.59 Å². The maximum atomic E-state index is 11.4. The quantitative estimate of drug-likeness (QED) is 0.515. The van der Waals surface area contributed by atoms with Gasteiger partial charge < -0.3 is 0 Å². The Morgan fingerprint density at radius 3 is 2.69 bits per heavy atom. The molecule has 0 radical (unpaired) electrons. The number of ketones is 1. The first-order valence-corrected chi connectivity index (χ1v) is 5.33. The molecule has 13 heavy (non-hydrogen) atoms. The second-order valence-electron chi connectivity index (χ2n) is 3.37. The van der Waals surface area contributed by atoms with E-state index in [1.807, 2.05) is 19.1 Å². The molecule has 0 unspecified atom stereocenters. The van der Waals surface area contributed by atoms with Crippen LogP contribution in [0.5, 0.6) is 0 Å². The van der Waals surface area contributed by atoms with Gasteiger partial charge >= 0.3 is 0 Å². The molecule has 0 N–H and O–H groups in total. The molecule has 0 amide bonds. The van der Waals surface area contributed by atoms with Crippen LogP contribution in [0.4, 0.5) is 0 Å². The highest BCUT2D eigenvalue weighted by atomic mass is 32.2. The van der Waals surface area contributed by atoms with E-state index in [0.717, 1.165) is 24.6 Å². The smallest absolute Gasteiger partial charge is 0.197 e. The number of thioether (sulfide) groups is 1. The zero-order chi connectivity index (χ0) is 9.90. The Morgan fingerprint density at radius 1 is 1.54 bits per heavy atom. The largest absolute Gasteiger partial charge is 0.297 e. The molecule has 0 aromatic carbocycles. The van der Waals surface area contributed by atoms with E-state index in [1.165, 1.54) is 0 Å². The highest BCUT2D eigenvalue weighted by Crippen LogP contribution is 2.37. The summed E-state index contributed by atoms with van der Waals surface area (Å²) < 4.78 is -0.577. The number of allylic oxidation sites excluding steroid dienone is 1. The highest BCUT2D eigenvalue weighted by Gasteiger charge is 2.41. The van der Waals surface area contributed by atoms with Crippen molar-refractivity contribution in [1.82, 2.24) is 0 Å². The number of unbranched alkanes of at least 4 members (excludes halogenated alkanes) is 1. The fourth-order valence-electron chi connectivity index (χ4n) is 1.24. The van der Waals surface area contributed by atoms with Gasteiger partial charge in [0.2, 0.25) is 0 Å². The lowest BCUT2D eigenvalue weighted by molar-refractivity contribution is -0.122. The van der Waals surface area contributed by atoms with Crippen LogP contribution in [0.1, 0.15) is 33.1 Å². The van der Waals surface area contributed by atoms with Gasteiger partial charge in [-0.1, -0.05) is 37.3 Å². The molecule has 0 spiro atoms. The van der Waals surface area contributed by atoms with Crippen molar-refractivity contribution in [2.24, 2.45) is 0 Å². The summed E-state index contributed by atoms with van der Waals surface area (Å²) in [5, 5.41) is -0.00588. The predicted molar refractivity (Wildman–Crippen MR) is 54.7 cm³/mol. The normalized spacial score (nSPS) is 29.1. The number of carbonyl (C=O) groups excluding carboxylic acids is 2. The van der Waals surface area contributed by atoms with Crippen LogP contribution in [0.3, 0.4) is 0 Å². The van der Waals surface area contributed by atoms with Crippen LogP contribution in [0.2, 0.25) is 0 Å². The number of rotatable bonds is 3. The van der Waals surface area contributed by atoms with E-state index >= 15 is 0 Å². The highest BCUT2D eigenvalue weighted by molar-refractivity contribution is 8.16. The third kappa shape index (κ3) is 2.44. The van der Waals surface area contributed by atoms with Gasteiger partial charge in [0.05, 0.1) is 11.2 Å². The van der Waals surface area contributed by atoms with Crippen molar-refractivity contribution < 1.29 is 9.59 Å². The molecule has 2 nitrogen and oxygen atoms in total. The van der Waals surface area contributed by atoms with Crippen LogP contribution in [0.15, 0.2) is 12.2 Å². The number of carbonyl (C=O) groups is 2. The Bertz CT molecular complexity index is 258. The molecular weight excluding hydrogens is 184 g/mol. The molecule has 1 aliphatic rings. The average Bonchev–Trinajstić information content (AvgIpc) is 2.27. The zero-order valence-electron chi connectivity index (χ0n) is 8.00. The third-order valence-electron chi connectivity index (χ3n) is 2.08. The second kappa shape index (κ2) is 4.09. The van der Waals surface area contributed by atoms with Crippen LogP contribution in [0.25, 0.3) is 0 Å². The van der Waals surface area contributed by atoms with Crippen molar-refractivity contribution in [3.63, 3.8) is 0 Å². The summed E-state index contributed by atoms with van der Waals surface area (Å²) >= 11 is 1.15. The molecule has 1 heterocycles. The Kier molecular flexibility index (Phi) is 3.31. The molecule has 1 aliphatic heterocycles. The molecule has 0 aliphatic carbocycles. The maximum absolute atomic E-state index is 11.4. The zero-order valence-corrected chi connectivity index (χ0v) is 8.82. The molecule has 0 saturated carbocycles. The fraction of sp³-hybridized carbons (Fsp3) is 0.600. The maximum Gasteiger partial charge on any atom is 0.197 e. The summed E-state index contributed by atoms with van der Waals surface area (Å²) in [4.78, 5) is 22.4. The van der Waals surface area contributed by atoms with Crippen LogP contribution in [0, 0.1) is 0 Å². The minimum Gasteiger partial charge on any atom is -0.297 e. The molecule has 72 valence electrons. The summed E-state index contributed by atoms with van der Waals surface area (Å²) in [5.41, 5.74) is 0. The topological polar surface area (TPSA) is 34.1 Å². The van der Waals surface area contributed by atoms with Crippen LogP contribution < -0.4 is 0 Å². The van der Waals surface area contributed by atoms with Gasteiger partial charge in [-0.15, -0.1) is 0 Å². The lowest BCUT2D eigenvalue weighted by Gasteiger charge is -2.13. The van der Waals surface area contributed by atoms with Crippen molar-refractivity contribution >= 4 is 22.7 Å². The van der Waals surface area contributed by atoms with Gasteiger partial charge in [-0.2, -0.15) is 0 Å². The first-order chi connectivity index (χ1) is 6.08. The van der Waals surface area contributed by atoms with Gasteiger partial charge in [-0.3, -0.25) is 9.59 Å². The summed E-state index contributed by atoms with van der Waals surface area (Å²) in [7, 11) is 0. The summed E-state index contributed by atoms with van der Waals surface area (Å²) in [6.45, 7) is 3.90. The van der Waals surface area contributed by atoms with Gasteiger partial charge in [0, 0.05) is 0 Å². The van der Waals surface area contributed by atoms with E-state index in [2.05, 4.69) is 6.92 Å². The van der Waals surface area contributed by atoms with E-state index in [1.54, 1.807) is 0 Å². The van der Waals surface area contributed by atoms with E-state index in [0.29, 0.717) is 0 Å². The number of hydrogen-bond donors (Lipinski definition) is 0. The van der Waals surface area contributed by atoms with Gasteiger partial charge in [-0.25, -0.2) is 0 Å². The minimum atomic E-state index is -0.577. The second-order valence-corrected chi connectivity index (χ2v) is 4.88. The molecule has 1 saturated heterocycles. The predicted octanol–water partition coefficient (Wildman–Crippen LogP) is 2.33. The lowest BCUT2D eigenvalue weighted by atomic mass is 10.0.